The van der Waals surface area contributed by atoms with Crippen LogP contribution in [0.5, 0.6) is 0 Å². The van der Waals surface area contributed by atoms with Crippen molar-refractivity contribution in [2.24, 2.45) is 0 Å². The average molecular weight is 262 g/mol. The summed E-state index contributed by atoms with van der Waals surface area (Å²) in [7, 11) is 0. The van der Waals surface area contributed by atoms with Crippen molar-refractivity contribution in [1.82, 2.24) is 10.6 Å². The highest BCUT2D eigenvalue weighted by atomic mass is 16.5. The molecule has 0 spiro atoms. The molecule has 1 fully saturated rings. The summed E-state index contributed by atoms with van der Waals surface area (Å²) < 4.78 is 5.68. The van der Waals surface area contributed by atoms with Gasteiger partial charge in [-0.05, 0) is 25.3 Å². The number of carbonyl (C=O) groups excluding carboxylic acids is 1. The molecule has 2 atom stereocenters. The zero-order valence-corrected chi connectivity index (χ0v) is 11.4. The highest BCUT2D eigenvalue weighted by Gasteiger charge is 2.21. The summed E-state index contributed by atoms with van der Waals surface area (Å²) >= 11 is 0. The zero-order valence-electron chi connectivity index (χ0n) is 11.4. The number of benzene rings is 1. The lowest BCUT2D eigenvalue weighted by atomic mass is 10.2. The van der Waals surface area contributed by atoms with Crippen molar-refractivity contribution in [2.75, 3.05) is 13.1 Å². The maximum Gasteiger partial charge on any atom is 0.234 e. The van der Waals surface area contributed by atoms with E-state index in [1.54, 1.807) is 0 Å². The first-order valence-corrected chi connectivity index (χ1v) is 6.91. The standard InChI is InChI=1S/C15H22N2O2/c1-12-7-8-14(19-12)10-16-11-15(18)17-9-13-5-3-2-4-6-13/h2-6,12,14,16H,7-11H2,1H3,(H,17,18). The summed E-state index contributed by atoms with van der Waals surface area (Å²) in [5.74, 6) is 0.0231. The Morgan fingerprint density at radius 2 is 2.11 bits per heavy atom. The monoisotopic (exact) mass is 262 g/mol. The van der Waals surface area contributed by atoms with Gasteiger partial charge in [0.25, 0.3) is 0 Å². The van der Waals surface area contributed by atoms with Crippen LogP contribution in [-0.4, -0.2) is 31.2 Å². The number of rotatable bonds is 6. The van der Waals surface area contributed by atoms with E-state index in [0.717, 1.165) is 24.9 Å². The number of amides is 1. The third-order valence-electron chi connectivity index (χ3n) is 3.31. The van der Waals surface area contributed by atoms with Crippen LogP contribution in [0.25, 0.3) is 0 Å². The Morgan fingerprint density at radius 3 is 2.79 bits per heavy atom. The van der Waals surface area contributed by atoms with Crippen molar-refractivity contribution in [1.29, 1.82) is 0 Å². The maximum absolute atomic E-state index is 11.6. The first-order valence-electron chi connectivity index (χ1n) is 6.91. The molecule has 0 saturated carbocycles. The van der Waals surface area contributed by atoms with Crippen LogP contribution in [0.2, 0.25) is 0 Å². The lowest BCUT2D eigenvalue weighted by Gasteiger charge is -2.12. The number of hydrogen-bond acceptors (Lipinski definition) is 3. The van der Waals surface area contributed by atoms with Crippen LogP contribution in [0.1, 0.15) is 25.3 Å². The molecule has 19 heavy (non-hydrogen) atoms. The van der Waals surface area contributed by atoms with Crippen LogP contribution in [0.3, 0.4) is 0 Å². The van der Waals surface area contributed by atoms with Crippen molar-refractivity contribution in [3.8, 4) is 0 Å². The molecule has 4 nitrogen and oxygen atoms in total. The Morgan fingerprint density at radius 1 is 1.32 bits per heavy atom. The van der Waals surface area contributed by atoms with E-state index < -0.39 is 0 Å². The summed E-state index contributed by atoms with van der Waals surface area (Å²) in [5, 5.41) is 6.04. The van der Waals surface area contributed by atoms with Gasteiger partial charge in [-0.15, -0.1) is 0 Å². The van der Waals surface area contributed by atoms with Gasteiger partial charge in [0.15, 0.2) is 0 Å². The molecule has 0 bridgehead atoms. The van der Waals surface area contributed by atoms with Gasteiger partial charge < -0.3 is 15.4 Å². The predicted octanol–water partition coefficient (Wildman–Crippen LogP) is 1.46. The van der Waals surface area contributed by atoms with Crippen molar-refractivity contribution < 1.29 is 9.53 Å². The van der Waals surface area contributed by atoms with Gasteiger partial charge in [0.2, 0.25) is 5.91 Å². The molecule has 0 radical (unpaired) electrons. The largest absolute Gasteiger partial charge is 0.374 e. The summed E-state index contributed by atoms with van der Waals surface area (Å²) in [6.45, 7) is 3.77. The molecule has 2 unspecified atom stereocenters. The van der Waals surface area contributed by atoms with E-state index in [1.807, 2.05) is 30.3 Å². The van der Waals surface area contributed by atoms with Gasteiger partial charge in [-0.1, -0.05) is 30.3 Å². The Balaban J connectivity index is 1.57. The fourth-order valence-corrected chi connectivity index (χ4v) is 2.24. The van der Waals surface area contributed by atoms with E-state index in [4.69, 9.17) is 4.74 Å². The fraction of sp³-hybridized carbons (Fsp3) is 0.533. The van der Waals surface area contributed by atoms with E-state index in [2.05, 4.69) is 17.6 Å². The summed E-state index contributed by atoms with van der Waals surface area (Å²) in [6, 6.07) is 9.91. The van der Waals surface area contributed by atoms with E-state index in [9.17, 15) is 4.79 Å². The molecule has 2 rings (SSSR count). The number of hydrogen-bond donors (Lipinski definition) is 2. The van der Waals surface area contributed by atoms with Crippen LogP contribution < -0.4 is 10.6 Å². The van der Waals surface area contributed by atoms with E-state index in [-0.39, 0.29) is 12.0 Å². The van der Waals surface area contributed by atoms with E-state index in [1.165, 1.54) is 0 Å². The molecule has 1 saturated heterocycles. The molecule has 4 heteroatoms. The second-order valence-electron chi connectivity index (χ2n) is 5.04. The van der Waals surface area contributed by atoms with Gasteiger partial charge in [0.1, 0.15) is 0 Å². The number of ether oxygens (including phenoxy) is 1. The molecular formula is C15H22N2O2. The minimum Gasteiger partial charge on any atom is -0.374 e. The molecule has 0 aromatic heterocycles. The quantitative estimate of drug-likeness (QED) is 0.816. The number of carbonyl (C=O) groups is 1. The average Bonchev–Trinajstić information content (AvgIpc) is 2.83. The minimum absolute atomic E-state index is 0.0231. The summed E-state index contributed by atoms with van der Waals surface area (Å²) in [6.07, 6.45) is 2.82. The highest BCUT2D eigenvalue weighted by molar-refractivity contribution is 5.77. The summed E-state index contributed by atoms with van der Waals surface area (Å²) in [5.41, 5.74) is 1.11. The Bertz CT molecular complexity index is 394. The Kier molecular flexibility index (Phi) is 5.36. The third kappa shape index (κ3) is 5.01. The smallest absolute Gasteiger partial charge is 0.234 e. The van der Waals surface area contributed by atoms with E-state index in [0.29, 0.717) is 19.2 Å². The normalized spacial score (nSPS) is 22.4. The fourth-order valence-electron chi connectivity index (χ4n) is 2.24. The molecule has 1 aromatic carbocycles. The molecule has 2 N–H and O–H groups in total. The van der Waals surface area contributed by atoms with Crippen LogP contribution in [-0.2, 0) is 16.1 Å². The van der Waals surface area contributed by atoms with Crippen molar-refractivity contribution in [3.63, 3.8) is 0 Å². The molecule has 0 aliphatic carbocycles. The first-order chi connectivity index (χ1) is 9.24. The van der Waals surface area contributed by atoms with Crippen LogP contribution >= 0.6 is 0 Å². The van der Waals surface area contributed by atoms with Gasteiger partial charge in [0.05, 0.1) is 18.8 Å². The second kappa shape index (κ2) is 7.26. The molecule has 1 aliphatic rings. The molecular weight excluding hydrogens is 240 g/mol. The highest BCUT2D eigenvalue weighted by Crippen LogP contribution is 2.17. The molecule has 1 aromatic rings. The van der Waals surface area contributed by atoms with Gasteiger partial charge in [-0.3, -0.25) is 4.79 Å². The minimum atomic E-state index is 0.0231. The topological polar surface area (TPSA) is 50.4 Å². The first kappa shape index (κ1) is 14.0. The second-order valence-corrected chi connectivity index (χ2v) is 5.04. The van der Waals surface area contributed by atoms with E-state index >= 15 is 0 Å². The van der Waals surface area contributed by atoms with Gasteiger partial charge in [-0.25, -0.2) is 0 Å². The molecule has 104 valence electrons. The predicted molar refractivity (Wildman–Crippen MR) is 74.7 cm³/mol. The third-order valence-corrected chi connectivity index (χ3v) is 3.31. The lowest BCUT2D eigenvalue weighted by Crippen LogP contribution is -2.37. The zero-order chi connectivity index (χ0) is 13.5. The Hall–Kier alpha value is -1.39. The van der Waals surface area contributed by atoms with Gasteiger partial charge >= 0.3 is 0 Å². The SMILES string of the molecule is CC1CCC(CNCC(=O)NCc2ccccc2)O1. The Labute approximate surface area is 114 Å². The van der Waals surface area contributed by atoms with Crippen molar-refractivity contribution in [2.45, 2.75) is 38.5 Å². The number of nitrogens with one attached hydrogen (secondary N) is 2. The van der Waals surface area contributed by atoms with Crippen LogP contribution in [0, 0.1) is 0 Å². The summed E-state index contributed by atoms with van der Waals surface area (Å²) in [4.78, 5) is 11.6. The van der Waals surface area contributed by atoms with Crippen molar-refractivity contribution in [3.05, 3.63) is 35.9 Å². The van der Waals surface area contributed by atoms with Crippen molar-refractivity contribution >= 4 is 5.91 Å². The van der Waals surface area contributed by atoms with Crippen LogP contribution in [0.4, 0.5) is 0 Å². The maximum atomic E-state index is 11.6. The van der Waals surface area contributed by atoms with Gasteiger partial charge in [0, 0.05) is 13.1 Å². The lowest BCUT2D eigenvalue weighted by molar-refractivity contribution is -0.120. The molecule has 1 heterocycles. The van der Waals surface area contributed by atoms with Crippen LogP contribution in [0.15, 0.2) is 30.3 Å². The molecule has 1 amide bonds. The van der Waals surface area contributed by atoms with Gasteiger partial charge in [-0.2, -0.15) is 0 Å². The molecule has 1 aliphatic heterocycles.